The van der Waals surface area contributed by atoms with E-state index in [4.69, 9.17) is 5.73 Å². The van der Waals surface area contributed by atoms with Gasteiger partial charge in [0.25, 0.3) is 0 Å². The zero-order chi connectivity index (χ0) is 6.69. The standard InChI is InChI=1S/C6H10N3/c1-9-5-4-8-6(9)2-3-7/h4-5H,1-3,7H2/q-1. The third-order valence-corrected chi connectivity index (χ3v) is 1.17. The van der Waals surface area contributed by atoms with Crippen LogP contribution in [-0.2, 0) is 0 Å². The highest BCUT2D eigenvalue weighted by atomic mass is 15.2. The molecule has 2 N–H and O–H groups in total. The molecule has 0 atom stereocenters. The SMILES string of the molecule is C=[N+]1[CH-]C=N[C-]1CCN. The lowest BCUT2D eigenvalue weighted by molar-refractivity contribution is -0.447. The first kappa shape index (κ1) is 6.16. The molecule has 1 rings (SSSR count). The van der Waals surface area contributed by atoms with Gasteiger partial charge < -0.3 is 10.3 Å². The van der Waals surface area contributed by atoms with E-state index in [1.165, 1.54) is 0 Å². The van der Waals surface area contributed by atoms with Gasteiger partial charge in [-0.25, -0.2) is 4.99 Å². The lowest BCUT2D eigenvalue weighted by atomic mass is 10.3. The molecule has 9 heavy (non-hydrogen) atoms. The molecule has 0 radical (unpaired) electrons. The molecule has 0 aliphatic carbocycles. The Bertz CT molecular complexity index is 139. The average Bonchev–Trinajstić information content (AvgIpc) is 2.18. The molecule has 0 bridgehead atoms. The van der Waals surface area contributed by atoms with Crippen molar-refractivity contribution in [3.63, 3.8) is 0 Å². The van der Waals surface area contributed by atoms with E-state index >= 15 is 0 Å². The van der Waals surface area contributed by atoms with Crippen molar-refractivity contribution in [3.05, 3.63) is 12.7 Å². The number of nitrogens with two attached hydrogens (primary N) is 1. The summed E-state index contributed by atoms with van der Waals surface area (Å²) in [5.41, 5.74) is 5.31. The minimum Gasteiger partial charge on any atom is -0.526 e. The van der Waals surface area contributed by atoms with Crippen LogP contribution in [0.5, 0.6) is 0 Å². The molecular weight excluding hydrogens is 114 g/mol. The third kappa shape index (κ3) is 1.23. The Morgan fingerprint density at radius 1 is 1.89 bits per heavy atom. The number of hydrogen-bond donors (Lipinski definition) is 1. The Hall–Kier alpha value is -0.960. The second-order valence-electron chi connectivity index (χ2n) is 1.85. The lowest BCUT2D eigenvalue weighted by Gasteiger charge is -2.18. The van der Waals surface area contributed by atoms with E-state index in [1.807, 2.05) is 6.54 Å². The summed E-state index contributed by atoms with van der Waals surface area (Å²) in [5.74, 6) is 0. The van der Waals surface area contributed by atoms with Gasteiger partial charge in [-0.05, 0) is 13.0 Å². The van der Waals surface area contributed by atoms with Crippen molar-refractivity contribution in [2.24, 2.45) is 10.7 Å². The van der Waals surface area contributed by atoms with E-state index in [0.717, 1.165) is 12.6 Å². The second kappa shape index (κ2) is 2.55. The highest BCUT2D eigenvalue weighted by Crippen LogP contribution is 2.12. The lowest BCUT2D eigenvalue weighted by Crippen LogP contribution is -2.12. The molecule has 1 heterocycles. The highest BCUT2D eigenvalue weighted by molar-refractivity contribution is 5.68. The Morgan fingerprint density at radius 3 is 3.11 bits per heavy atom. The fourth-order valence-corrected chi connectivity index (χ4v) is 0.697. The monoisotopic (exact) mass is 124 g/mol. The summed E-state index contributed by atoms with van der Waals surface area (Å²) in [7, 11) is 0. The maximum atomic E-state index is 5.31. The quantitative estimate of drug-likeness (QED) is 0.401. The van der Waals surface area contributed by atoms with Gasteiger partial charge in [-0.15, -0.1) is 0 Å². The predicted octanol–water partition coefficient (Wildman–Crippen LogP) is -0.216. The van der Waals surface area contributed by atoms with E-state index in [0.29, 0.717) is 6.54 Å². The third-order valence-electron chi connectivity index (χ3n) is 1.17. The van der Waals surface area contributed by atoms with E-state index < -0.39 is 0 Å². The summed E-state index contributed by atoms with van der Waals surface area (Å²) in [6.07, 6.45) is 3.46. The molecular formula is C6H10N3-. The first-order valence-electron chi connectivity index (χ1n) is 2.87. The second-order valence-corrected chi connectivity index (χ2v) is 1.85. The molecule has 0 aromatic rings. The van der Waals surface area contributed by atoms with Crippen LogP contribution in [0.25, 0.3) is 0 Å². The van der Waals surface area contributed by atoms with E-state index in [9.17, 15) is 0 Å². The van der Waals surface area contributed by atoms with Crippen molar-refractivity contribution in [1.82, 2.24) is 0 Å². The van der Waals surface area contributed by atoms with Gasteiger partial charge in [0.1, 0.15) is 0 Å². The van der Waals surface area contributed by atoms with Crippen LogP contribution in [0.2, 0.25) is 0 Å². The molecule has 0 saturated carbocycles. The molecule has 0 saturated heterocycles. The molecule has 0 spiro atoms. The van der Waals surface area contributed by atoms with E-state index in [-0.39, 0.29) is 0 Å². The van der Waals surface area contributed by atoms with Crippen LogP contribution < -0.4 is 5.73 Å². The normalized spacial score (nSPS) is 16.6. The van der Waals surface area contributed by atoms with E-state index in [1.54, 1.807) is 10.8 Å². The summed E-state index contributed by atoms with van der Waals surface area (Å²) in [5, 5.41) is 0. The van der Waals surface area contributed by atoms with E-state index in [2.05, 4.69) is 11.7 Å². The first-order chi connectivity index (χ1) is 4.34. The van der Waals surface area contributed by atoms with Crippen LogP contribution in [0.1, 0.15) is 6.42 Å². The van der Waals surface area contributed by atoms with Crippen molar-refractivity contribution in [2.75, 3.05) is 6.54 Å². The highest BCUT2D eigenvalue weighted by Gasteiger charge is 2.04. The zero-order valence-corrected chi connectivity index (χ0v) is 5.25. The summed E-state index contributed by atoms with van der Waals surface area (Å²) >= 11 is 0. The summed E-state index contributed by atoms with van der Waals surface area (Å²) in [4.78, 5) is 4.03. The summed E-state index contributed by atoms with van der Waals surface area (Å²) in [6.45, 7) is 6.14. The average molecular weight is 124 g/mol. The molecule has 0 amide bonds. The van der Waals surface area contributed by atoms with Crippen LogP contribution >= 0.6 is 0 Å². The molecule has 3 nitrogen and oxygen atoms in total. The number of aliphatic imine (C=N–C) groups is 1. The van der Waals surface area contributed by atoms with Gasteiger partial charge in [-0.2, -0.15) is 6.72 Å². The van der Waals surface area contributed by atoms with Gasteiger partial charge >= 0.3 is 0 Å². The van der Waals surface area contributed by atoms with Crippen LogP contribution in [0.4, 0.5) is 0 Å². The number of nitrogens with zero attached hydrogens (tertiary/aromatic N) is 2. The molecule has 1 aliphatic heterocycles. The Morgan fingerprint density at radius 2 is 2.67 bits per heavy atom. The van der Waals surface area contributed by atoms with Gasteiger partial charge in [-0.1, -0.05) is 6.54 Å². The molecule has 0 fully saturated rings. The van der Waals surface area contributed by atoms with Crippen molar-refractivity contribution in [3.8, 4) is 0 Å². The fourth-order valence-electron chi connectivity index (χ4n) is 0.697. The number of rotatable bonds is 2. The Balaban J connectivity index is 2.40. The summed E-state index contributed by atoms with van der Waals surface area (Å²) in [6, 6.07) is 0. The van der Waals surface area contributed by atoms with Crippen LogP contribution in [0, 0.1) is 12.7 Å². The van der Waals surface area contributed by atoms with Crippen LogP contribution in [0.3, 0.4) is 0 Å². The van der Waals surface area contributed by atoms with Crippen LogP contribution in [-0.4, -0.2) is 24.1 Å². The topological polar surface area (TPSA) is 41.4 Å². The van der Waals surface area contributed by atoms with Crippen molar-refractivity contribution in [2.45, 2.75) is 6.42 Å². The molecule has 0 aromatic carbocycles. The van der Waals surface area contributed by atoms with Crippen LogP contribution in [0.15, 0.2) is 4.99 Å². The molecule has 50 valence electrons. The zero-order valence-electron chi connectivity index (χ0n) is 5.25. The fraction of sp³-hybridized carbons (Fsp3) is 0.333. The predicted molar refractivity (Wildman–Crippen MR) is 37.1 cm³/mol. The van der Waals surface area contributed by atoms with Gasteiger partial charge in [0.15, 0.2) is 0 Å². The van der Waals surface area contributed by atoms with Gasteiger partial charge in [0, 0.05) is 6.21 Å². The maximum Gasteiger partial charge on any atom is 0.0815 e. The largest absolute Gasteiger partial charge is 0.526 e. The van der Waals surface area contributed by atoms with Crippen molar-refractivity contribution < 1.29 is 4.58 Å². The summed E-state index contributed by atoms with van der Waals surface area (Å²) < 4.78 is 1.73. The maximum absolute atomic E-state index is 5.31. The van der Waals surface area contributed by atoms with Gasteiger partial charge in [0.05, 0.1) is 6.17 Å². The van der Waals surface area contributed by atoms with Gasteiger partial charge in [0.2, 0.25) is 0 Å². The van der Waals surface area contributed by atoms with Crippen molar-refractivity contribution in [1.29, 1.82) is 0 Å². The minimum atomic E-state index is 0.631. The Labute approximate surface area is 54.9 Å². The van der Waals surface area contributed by atoms with Crippen molar-refractivity contribution >= 4 is 12.9 Å². The minimum absolute atomic E-state index is 0.631. The molecule has 1 aliphatic rings. The smallest absolute Gasteiger partial charge is 0.0815 e. The molecule has 3 heteroatoms. The Kier molecular flexibility index (Phi) is 1.75. The molecule has 0 unspecified atom stereocenters. The number of hydrogen-bond acceptors (Lipinski definition) is 2. The molecule has 0 aromatic heterocycles. The van der Waals surface area contributed by atoms with Gasteiger partial charge in [-0.3, -0.25) is 0 Å². The first-order valence-corrected chi connectivity index (χ1v) is 2.87.